The van der Waals surface area contributed by atoms with Crippen molar-refractivity contribution >= 4 is 34.7 Å². The molecule has 1 aliphatic rings. The molecule has 5 nitrogen and oxygen atoms in total. The molecule has 0 saturated carbocycles. The van der Waals surface area contributed by atoms with Crippen LogP contribution < -0.4 is 10.1 Å². The number of carbonyl (C=O) groups is 1. The molecule has 106 valence electrons. The second-order valence-corrected chi connectivity index (χ2v) is 6.03. The summed E-state index contributed by atoms with van der Waals surface area (Å²) in [5, 5.41) is 4.60. The second kappa shape index (κ2) is 5.98. The van der Waals surface area contributed by atoms with Crippen LogP contribution in [0, 0.1) is 0 Å². The number of hydrogen-bond acceptors (Lipinski definition) is 4. The molecule has 0 aromatic carbocycles. The number of thiophene rings is 1. The first kappa shape index (κ1) is 14.4. The third kappa shape index (κ3) is 3.32. The molecule has 0 unspecified atom stereocenters. The van der Waals surface area contributed by atoms with Crippen LogP contribution in [-0.2, 0) is 4.74 Å². The van der Waals surface area contributed by atoms with Crippen LogP contribution in [0.1, 0.15) is 13.8 Å². The molecule has 2 amide bonds. The summed E-state index contributed by atoms with van der Waals surface area (Å²) in [5.41, 5.74) is 0.606. The predicted octanol–water partition coefficient (Wildman–Crippen LogP) is 3.05. The van der Waals surface area contributed by atoms with Crippen LogP contribution in [0.15, 0.2) is 5.38 Å². The maximum atomic E-state index is 12.2. The van der Waals surface area contributed by atoms with E-state index in [0.717, 1.165) is 0 Å². The Hall–Kier alpha value is -0.980. The highest BCUT2D eigenvalue weighted by atomic mass is 35.5. The highest BCUT2D eigenvalue weighted by Gasteiger charge is 2.26. The van der Waals surface area contributed by atoms with Crippen molar-refractivity contribution in [3.8, 4) is 5.75 Å². The molecule has 2 heterocycles. The maximum absolute atomic E-state index is 12.2. The zero-order valence-electron chi connectivity index (χ0n) is 11.1. The molecule has 0 spiro atoms. The average molecular weight is 305 g/mol. The number of urea groups is 1. The predicted molar refractivity (Wildman–Crippen MR) is 76.5 cm³/mol. The number of rotatable bonds is 2. The van der Waals surface area contributed by atoms with E-state index in [9.17, 15) is 4.79 Å². The van der Waals surface area contributed by atoms with E-state index in [2.05, 4.69) is 5.32 Å². The Morgan fingerprint density at radius 1 is 1.53 bits per heavy atom. The maximum Gasteiger partial charge on any atom is 0.322 e. The number of hydrogen-bond donors (Lipinski definition) is 1. The van der Waals surface area contributed by atoms with Gasteiger partial charge in [0.15, 0.2) is 5.75 Å². The molecule has 2 rings (SSSR count). The first-order valence-corrected chi connectivity index (χ1v) is 7.29. The molecule has 1 aromatic heterocycles. The summed E-state index contributed by atoms with van der Waals surface area (Å²) in [6, 6.07) is -0.158. The Kier molecular flexibility index (Phi) is 4.54. The summed E-state index contributed by atoms with van der Waals surface area (Å²) < 4.78 is 11.3. The van der Waals surface area contributed by atoms with E-state index in [-0.39, 0.29) is 18.2 Å². The lowest BCUT2D eigenvalue weighted by molar-refractivity contribution is -0.0530. The number of amides is 2. The van der Waals surface area contributed by atoms with E-state index in [1.807, 2.05) is 13.8 Å². The van der Waals surface area contributed by atoms with Gasteiger partial charge in [0.25, 0.3) is 0 Å². The lowest BCUT2D eigenvalue weighted by atomic mass is 10.2. The van der Waals surface area contributed by atoms with E-state index >= 15 is 0 Å². The Bertz CT molecular complexity index is 456. The fourth-order valence-electron chi connectivity index (χ4n) is 2.14. The van der Waals surface area contributed by atoms with Gasteiger partial charge in [-0.25, -0.2) is 4.79 Å². The number of nitrogens with zero attached hydrogens (tertiary/aromatic N) is 1. The summed E-state index contributed by atoms with van der Waals surface area (Å²) in [6.45, 7) is 5.07. The minimum absolute atomic E-state index is 0.0439. The van der Waals surface area contributed by atoms with Gasteiger partial charge >= 0.3 is 6.03 Å². The van der Waals surface area contributed by atoms with Gasteiger partial charge in [-0.1, -0.05) is 11.6 Å². The summed E-state index contributed by atoms with van der Waals surface area (Å²) in [7, 11) is 1.53. The van der Waals surface area contributed by atoms with Crippen LogP contribution in [-0.4, -0.2) is 43.3 Å². The number of nitrogens with one attached hydrogen (secondary N) is 1. The summed E-state index contributed by atoms with van der Waals surface area (Å²) in [5.74, 6) is 0.509. The van der Waals surface area contributed by atoms with Crippen molar-refractivity contribution < 1.29 is 14.3 Å². The molecule has 0 radical (unpaired) electrons. The van der Waals surface area contributed by atoms with Gasteiger partial charge < -0.3 is 19.7 Å². The normalized spacial score (nSPS) is 23.3. The number of carbonyl (C=O) groups excluding carboxylic acids is 1. The molecule has 1 saturated heterocycles. The molecule has 19 heavy (non-hydrogen) atoms. The Balaban J connectivity index is 2.04. The highest BCUT2D eigenvalue weighted by Crippen LogP contribution is 2.39. The van der Waals surface area contributed by atoms with Gasteiger partial charge in [-0.3, -0.25) is 0 Å². The van der Waals surface area contributed by atoms with Crippen LogP contribution >= 0.6 is 22.9 Å². The molecule has 0 bridgehead atoms. The molecule has 1 aromatic rings. The summed E-state index contributed by atoms with van der Waals surface area (Å²) >= 11 is 7.30. The summed E-state index contributed by atoms with van der Waals surface area (Å²) in [6.07, 6.45) is 0.0879. The Morgan fingerprint density at radius 2 is 2.16 bits per heavy atom. The molecule has 1 N–H and O–H groups in total. The quantitative estimate of drug-likeness (QED) is 0.913. The zero-order chi connectivity index (χ0) is 14.0. The van der Waals surface area contributed by atoms with E-state index < -0.39 is 0 Å². The van der Waals surface area contributed by atoms with Gasteiger partial charge in [0.1, 0.15) is 4.34 Å². The van der Waals surface area contributed by atoms with Gasteiger partial charge in [-0.2, -0.15) is 0 Å². The van der Waals surface area contributed by atoms with Crippen LogP contribution in [0.25, 0.3) is 0 Å². The van der Waals surface area contributed by atoms with Crippen LogP contribution in [0.3, 0.4) is 0 Å². The van der Waals surface area contributed by atoms with Gasteiger partial charge in [0.05, 0.1) is 25.0 Å². The summed E-state index contributed by atoms with van der Waals surface area (Å²) in [4.78, 5) is 13.9. The van der Waals surface area contributed by atoms with Crippen LogP contribution in [0.5, 0.6) is 5.75 Å². The number of methoxy groups -OCH3 is 1. The third-order valence-electron chi connectivity index (χ3n) is 2.86. The molecule has 0 aliphatic carbocycles. The topological polar surface area (TPSA) is 50.8 Å². The Morgan fingerprint density at radius 3 is 2.74 bits per heavy atom. The molecule has 2 atom stereocenters. The number of halogens is 1. The molecular weight excluding hydrogens is 288 g/mol. The molecule has 1 fully saturated rings. The first-order valence-electron chi connectivity index (χ1n) is 6.03. The molecule has 1 aliphatic heterocycles. The van der Waals surface area contributed by atoms with Gasteiger partial charge in [0.2, 0.25) is 0 Å². The van der Waals surface area contributed by atoms with E-state index in [1.54, 1.807) is 10.3 Å². The molecule has 7 heteroatoms. The fourth-order valence-corrected chi connectivity index (χ4v) is 3.14. The van der Waals surface area contributed by atoms with Crippen molar-refractivity contribution in [2.75, 3.05) is 25.5 Å². The first-order chi connectivity index (χ1) is 9.01. The minimum atomic E-state index is -0.158. The number of ether oxygens (including phenoxy) is 2. The van der Waals surface area contributed by atoms with Crippen molar-refractivity contribution in [2.24, 2.45) is 0 Å². The second-order valence-electron chi connectivity index (χ2n) is 4.55. The minimum Gasteiger partial charge on any atom is -0.492 e. The largest absolute Gasteiger partial charge is 0.492 e. The lowest BCUT2D eigenvalue weighted by Gasteiger charge is -2.35. The number of anilines is 1. The van der Waals surface area contributed by atoms with Crippen molar-refractivity contribution in [3.05, 3.63) is 9.72 Å². The van der Waals surface area contributed by atoms with Gasteiger partial charge in [-0.05, 0) is 13.8 Å². The third-order valence-corrected chi connectivity index (χ3v) is 4.04. The van der Waals surface area contributed by atoms with E-state index in [0.29, 0.717) is 28.9 Å². The van der Waals surface area contributed by atoms with Gasteiger partial charge in [-0.15, -0.1) is 11.3 Å². The smallest absolute Gasteiger partial charge is 0.322 e. The van der Waals surface area contributed by atoms with E-state index in [4.69, 9.17) is 21.1 Å². The average Bonchev–Trinajstić information content (AvgIpc) is 2.68. The van der Waals surface area contributed by atoms with Crippen molar-refractivity contribution in [1.82, 2.24) is 4.90 Å². The van der Waals surface area contributed by atoms with E-state index in [1.165, 1.54) is 18.4 Å². The monoisotopic (exact) mass is 304 g/mol. The van der Waals surface area contributed by atoms with Crippen molar-refractivity contribution in [1.29, 1.82) is 0 Å². The standard InChI is InChI=1S/C12H17ClN2O3S/c1-7-4-15(5-8(2)18-7)12(16)14-9-6-19-11(13)10(9)17-3/h6-8H,4-5H2,1-3H3,(H,14,16)/t7-,8-/m1/s1. The zero-order valence-corrected chi connectivity index (χ0v) is 12.7. The number of morpholine rings is 1. The van der Waals surface area contributed by atoms with Crippen LogP contribution in [0.4, 0.5) is 10.5 Å². The van der Waals surface area contributed by atoms with Gasteiger partial charge in [0, 0.05) is 18.5 Å². The highest BCUT2D eigenvalue weighted by molar-refractivity contribution is 7.15. The van der Waals surface area contributed by atoms with Crippen molar-refractivity contribution in [3.63, 3.8) is 0 Å². The Labute approximate surface area is 121 Å². The van der Waals surface area contributed by atoms with Crippen molar-refractivity contribution in [2.45, 2.75) is 26.1 Å². The lowest BCUT2D eigenvalue weighted by Crippen LogP contribution is -2.49. The van der Waals surface area contributed by atoms with Crippen LogP contribution in [0.2, 0.25) is 4.34 Å². The fraction of sp³-hybridized carbons (Fsp3) is 0.583. The SMILES string of the molecule is COc1c(NC(=O)N2C[C@@H](C)O[C@H](C)C2)csc1Cl. The molecular formula is C12H17ClN2O3S.